The van der Waals surface area contributed by atoms with Gasteiger partial charge in [-0.2, -0.15) is 0 Å². The minimum atomic E-state index is -0.139. The van der Waals surface area contributed by atoms with Gasteiger partial charge in [0.1, 0.15) is 0 Å². The highest BCUT2D eigenvalue weighted by Crippen LogP contribution is 2.29. The topological polar surface area (TPSA) is 84.0 Å². The van der Waals surface area contributed by atoms with Crippen LogP contribution in [0.15, 0.2) is 41.4 Å². The normalized spacial score (nSPS) is 11.0. The fourth-order valence-corrected chi connectivity index (χ4v) is 2.74. The van der Waals surface area contributed by atoms with Crippen LogP contribution in [0.2, 0.25) is 5.02 Å². The molecule has 3 N–H and O–H groups in total. The minimum absolute atomic E-state index is 0.139. The number of rotatable bonds is 7. The summed E-state index contributed by atoms with van der Waals surface area (Å²) < 4.78 is 10.5. The van der Waals surface area contributed by atoms with E-state index in [2.05, 4.69) is 20.9 Å². The van der Waals surface area contributed by atoms with Crippen molar-refractivity contribution in [3.05, 3.63) is 47.0 Å². The number of benzene rings is 2. The molecule has 7 nitrogen and oxygen atoms in total. The highest BCUT2D eigenvalue weighted by atomic mass is 35.5. The third kappa shape index (κ3) is 6.06. The van der Waals surface area contributed by atoms with Gasteiger partial charge in [0.25, 0.3) is 0 Å². The average molecular weight is 405 g/mol. The zero-order valence-electron chi connectivity index (χ0n) is 16.4. The Labute approximate surface area is 170 Å². The molecule has 0 spiro atoms. The maximum atomic E-state index is 12.1. The van der Waals surface area contributed by atoms with Crippen molar-refractivity contribution in [3.8, 4) is 11.5 Å². The molecule has 8 heteroatoms. The van der Waals surface area contributed by atoms with E-state index in [0.29, 0.717) is 34.7 Å². The summed E-state index contributed by atoms with van der Waals surface area (Å²) in [6.07, 6.45) is 0.261. The van der Waals surface area contributed by atoms with Gasteiger partial charge >= 0.3 is 0 Å². The Balaban J connectivity index is 1.86. The first kappa shape index (κ1) is 21.4. The predicted molar refractivity (Wildman–Crippen MR) is 114 cm³/mol. The number of methoxy groups -OCH3 is 2. The molecule has 2 rings (SSSR count). The second-order valence-corrected chi connectivity index (χ2v) is 6.38. The minimum Gasteiger partial charge on any atom is -0.493 e. The molecule has 2 aromatic carbocycles. The number of hydrogen-bond acceptors (Lipinski definition) is 4. The van der Waals surface area contributed by atoms with Crippen molar-refractivity contribution in [2.24, 2.45) is 4.99 Å². The molecule has 0 atom stereocenters. The first-order chi connectivity index (χ1) is 13.5. The molecule has 0 aliphatic rings. The lowest BCUT2D eigenvalue weighted by atomic mass is 10.2. The number of carbonyl (C=O) groups excluding carboxylic acids is 1. The number of ether oxygens (including phenoxy) is 2. The number of nitrogens with one attached hydrogen (secondary N) is 3. The molecule has 0 aliphatic heterocycles. The van der Waals surface area contributed by atoms with Crippen LogP contribution in [-0.2, 0) is 4.79 Å². The number of amides is 1. The molecule has 0 fully saturated rings. The van der Waals surface area contributed by atoms with Gasteiger partial charge in [-0.3, -0.25) is 9.79 Å². The first-order valence-electron chi connectivity index (χ1n) is 8.72. The number of carbonyl (C=O) groups is 1. The Morgan fingerprint density at radius 1 is 1.07 bits per heavy atom. The fraction of sp³-hybridized carbons (Fsp3) is 0.300. The molecule has 150 valence electrons. The van der Waals surface area contributed by atoms with Crippen molar-refractivity contribution in [2.45, 2.75) is 13.3 Å². The Bertz CT molecular complexity index is 855. The second kappa shape index (κ2) is 10.4. The Morgan fingerprint density at radius 2 is 1.82 bits per heavy atom. The number of halogens is 1. The largest absolute Gasteiger partial charge is 0.493 e. The van der Waals surface area contributed by atoms with Crippen LogP contribution in [0.5, 0.6) is 11.5 Å². The summed E-state index contributed by atoms with van der Waals surface area (Å²) in [6.45, 7) is 2.35. The van der Waals surface area contributed by atoms with Gasteiger partial charge < -0.3 is 25.4 Å². The van der Waals surface area contributed by atoms with Gasteiger partial charge in [-0.25, -0.2) is 0 Å². The number of nitrogens with zero attached hydrogens (tertiary/aromatic N) is 1. The zero-order valence-corrected chi connectivity index (χ0v) is 17.2. The second-order valence-electron chi connectivity index (χ2n) is 5.98. The molecule has 0 saturated carbocycles. The average Bonchev–Trinajstić information content (AvgIpc) is 2.69. The highest BCUT2D eigenvalue weighted by Gasteiger charge is 2.08. The molecule has 0 radical (unpaired) electrons. The van der Waals surface area contributed by atoms with Crippen LogP contribution in [-0.4, -0.2) is 39.7 Å². The first-order valence-corrected chi connectivity index (χ1v) is 9.10. The number of aliphatic imine (C=N–C) groups is 1. The number of anilines is 2. The number of guanidine groups is 1. The van der Waals surface area contributed by atoms with Crippen LogP contribution in [0.25, 0.3) is 0 Å². The van der Waals surface area contributed by atoms with Crippen molar-refractivity contribution < 1.29 is 14.3 Å². The monoisotopic (exact) mass is 404 g/mol. The van der Waals surface area contributed by atoms with Crippen molar-refractivity contribution in [2.75, 3.05) is 38.4 Å². The van der Waals surface area contributed by atoms with Gasteiger partial charge in [0, 0.05) is 31.8 Å². The molecule has 1 amide bonds. The van der Waals surface area contributed by atoms with Crippen molar-refractivity contribution in [1.82, 2.24) is 5.32 Å². The maximum absolute atomic E-state index is 12.1. The summed E-state index contributed by atoms with van der Waals surface area (Å²) in [5.74, 6) is 1.65. The molecule has 0 heterocycles. The van der Waals surface area contributed by atoms with Crippen molar-refractivity contribution >= 4 is 34.8 Å². The lowest BCUT2D eigenvalue weighted by Gasteiger charge is -2.14. The maximum Gasteiger partial charge on any atom is 0.226 e. The van der Waals surface area contributed by atoms with Crippen LogP contribution in [0.1, 0.15) is 12.0 Å². The summed E-state index contributed by atoms with van der Waals surface area (Å²) in [5, 5.41) is 9.57. The molecule has 2 aromatic rings. The van der Waals surface area contributed by atoms with Gasteiger partial charge in [0.15, 0.2) is 17.5 Å². The van der Waals surface area contributed by atoms with E-state index in [9.17, 15) is 4.79 Å². The Hall–Kier alpha value is -2.93. The van der Waals surface area contributed by atoms with Crippen LogP contribution in [0.3, 0.4) is 0 Å². The van der Waals surface area contributed by atoms with Crippen molar-refractivity contribution in [1.29, 1.82) is 0 Å². The lowest BCUT2D eigenvalue weighted by Crippen LogP contribution is -2.33. The summed E-state index contributed by atoms with van der Waals surface area (Å²) >= 11 is 6.14. The summed E-state index contributed by atoms with van der Waals surface area (Å²) in [7, 11) is 4.82. The van der Waals surface area contributed by atoms with Crippen molar-refractivity contribution in [3.63, 3.8) is 0 Å². The molecule has 0 saturated heterocycles. The van der Waals surface area contributed by atoms with E-state index in [1.165, 1.54) is 0 Å². The van der Waals surface area contributed by atoms with E-state index in [1.54, 1.807) is 39.5 Å². The SMILES string of the molecule is CN=C(NCCC(=O)Nc1ccc(C)cc1Cl)Nc1ccc(OC)c(OC)c1. The fourth-order valence-electron chi connectivity index (χ4n) is 2.46. The molecular weight excluding hydrogens is 380 g/mol. The van der Waals surface area contributed by atoms with E-state index < -0.39 is 0 Å². The molecule has 0 aromatic heterocycles. The van der Waals surface area contributed by atoms with Crippen LogP contribution < -0.4 is 25.4 Å². The summed E-state index contributed by atoms with van der Waals surface area (Å²) in [5.41, 5.74) is 2.42. The van der Waals surface area contributed by atoms with E-state index in [-0.39, 0.29) is 12.3 Å². The van der Waals surface area contributed by atoms with Gasteiger partial charge in [-0.05, 0) is 36.8 Å². The molecule has 28 heavy (non-hydrogen) atoms. The van der Waals surface area contributed by atoms with E-state index in [4.69, 9.17) is 21.1 Å². The lowest BCUT2D eigenvalue weighted by molar-refractivity contribution is -0.116. The van der Waals surface area contributed by atoms with E-state index in [1.807, 2.05) is 25.1 Å². The van der Waals surface area contributed by atoms with E-state index >= 15 is 0 Å². The van der Waals surface area contributed by atoms with Gasteiger partial charge in [-0.15, -0.1) is 0 Å². The molecule has 0 unspecified atom stereocenters. The zero-order chi connectivity index (χ0) is 20.5. The Morgan fingerprint density at radius 3 is 2.46 bits per heavy atom. The summed E-state index contributed by atoms with van der Waals surface area (Å²) in [4.78, 5) is 16.3. The quantitative estimate of drug-likeness (QED) is 0.484. The van der Waals surface area contributed by atoms with Gasteiger partial charge in [-0.1, -0.05) is 17.7 Å². The number of aryl methyl sites for hydroxylation is 1. The molecule has 0 aliphatic carbocycles. The van der Waals surface area contributed by atoms with Gasteiger partial charge in [0.05, 0.1) is 24.9 Å². The predicted octanol–water partition coefficient (Wildman–Crippen LogP) is 3.68. The van der Waals surface area contributed by atoms with Crippen LogP contribution in [0, 0.1) is 6.92 Å². The molecular formula is C20H25ClN4O3. The van der Waals surface area contributed by atoms with Gasteiger partial charge in [0.2, 0.25) is 5.91 Å². The third-order valence-electron chi connectivity index (χ3n) is 3.91. The number of hydrogen-bond donors (Lipinski definition) is 3. The van der Waals surface area contributed by atoms with Crippen LogP contribution >= 0.6 is 11.6 Å². The third-order valence-corrected chi connectivity index (χ3v) is 4.23. The highest BCUT2D eigenvalue weighted by molar-refractivity contribution is 6.33. The smallest absolute Gasteiger partial charge is 0.226 e. The Kier molecular flexibility index (Phi) is 7.95. The summed E-state index contributed by atoms with van der Waals surface area (Å²) in [6, 6.07) is 10.9. The standard InChI is InChI=1S/C20H25ClN4O3/c1-13-5-7-16(15(21)11-13)25-19(26)9-10-23-20(22-2)24-14-6-8-17(27-3)18(12-14)28-4/h5-8,11-12H,9-10H2,1-4H3,(H,25,26)(H2,22,23,24). The van der Waals surface area contributed by atoms with E-state index in [0.717, 1.165) is 11.3 Å². The van der Waals surface area contributed by atoms with Crippen LogP contribution in [0.4, 0.5) is 11.4 Å². The molecule has 0 bridgehead atoms.